The van der Waals surface area contributed by atoms with Gasteiger partial charge >= 0.3 is 0 Å². The summed E-state index contributed by atoms with van der Waals surface area (Å²) >= 11 is 0. The van der Waals surface area contributed by atoms with Gasteiger partial charge in [-0.15, -0.1) is 6.58 Å². The Morgan fingerprint density at radius 2 is 2.44 bits per heavy atom. The maximum Gasteiger partial charge on any atom is 0.242 e. The zero-order chi connectivity index (χ0) is 12.0. The molecule has 2 N–H and O–H groups in total. The molecule has 0 spiro atoms. The van der Waals surface area contributed by atoms with E-state index in [1.54, 1.807) is 24.5 Å². The van der Waals surface area contributed by atoms with Gasteiger partial charge in [-0.25, -0.2) is 4.98 Å². The van der Waals surface area contributed by atoms with Crippen LogP contribution in [0.3, 0.4) is 0 Å². The molecule has 0 saturated carbocycles. The number of anilines is 1. The van der Waals surface area contributed by atoms with Gasteiger partial charge in [-0.1, -0.05) is 12.1 Å². The van der Waals surface area contributed by atoms with E-state index in [9.17, 15) is 9.59 Å². The van der Waals surface area contributed by atoms with Gasteiger partial charge in [-0.3, -0.25) is 14.5 Å². The third-order valence-corrected chi connectivity index (χ3v) is 1.96. The highest BCUT2D eigenvalue weighted by Gasteiger charge is 2.23. The van der Waals surface area contributed by atoms with E-state index in [2.05, 4.69) is 11.6 Å². The summed E-state index contributed by atoms with van der Waals surface area (Å²) < 4.78 is 0. The number of carbonyl (C=O) groups is 1. The third-order valence-electron chi connectivity index (χ3n) is 1.96. The molecule has 5 heteroatoms. The molecular weight excluding hydrogens is 206 g/mol. The van der Waals surface area contributed by atoms with Gasteiger partial charge in [0.05, 0.1) is 6.54 Å². The molecule has 16 heavy (non-hydrogen) atoms. The van der Waals surface area contributed by atoms with Crippen molar-refractivity contribution in [2.75, 3.05) is 11.4 Å². The molecule has 0 aromatic carbocycles. The van der Waals surface area contributed by atoms with Crippen LogP contribution in [-0.2, 0) is 9.59 Å². The molecule has 5 nitrogen and oxygen atoms in total. The van der Waals surface area contributed by atoms with E-state index in [0.29, 0.717) is 5.82 Å². The molecule has 0 saturated heterocycles. The Hall–Kier alpha value is -2.01. The number of pyridine rings is 1. The monoisotopic (exact) mass is 218 g/mol. The minimum atomic E-state index is -0.869. The molecule has 1 rings (SSSR count). The third kappa shape index (κ3) is 2.52. The summed E-state index contributed by atoms with van der Waals surface area (Å²) in [5.41, 5.74) is 5.27. The van der Waals surface area contributed by atoms with E-state index in [1.165, 1.54) is 17.2 Å². The minimum absolute atomic E-state index is 0.206. The quantitative estimate of drug-likeness (QED) is 0.708. The summed E-state index contributed by atoms with van der Waals surface area (Å²) in [5.74, 6) is -0.0573. The van der Waals surface area contributed by atoms with Crippen molar-refractivity contribution in [1.29, 1.82) is 0 Å². The van der Waals surface area contributed by atoms with Crippen LogP contribution in [0.5, 0.6) is 0 Å². The molecule has 1 atom stereocenters. The molecule has 0 fully saturated rings. The van der Waals surface area contributed by atoms with E-state index >= 15 is 0 Å². The zero-order valence-electron chi connectivity index (χ0n) is 8.67. The first-order valence-electron chi connectivity index (χ1n) is 4.68. The summed E-state index contributed by atoms with van der Waals surface area (Å²) in [6.07, 6.45) is 4.55. The van der Waals surface area contributed by atoms with E-state index in [4.69, 9.17) is 5.73 Å². The van der Waals surface area contributed by atoms with Crippen LogP contribution in [-0.4, -0.2) is 29.8 Å². The second-order valence-corrected chi connectivity index (χ2v) is 2.95. The average Bonchev–Trinajstić information content (AvgIpc) is 2.36. The topological polar surface area (TPSA) is 76.3 Å². The van der Waals surface area contributed by atoms with E-state index < -0.39 is 11.9 Å². The van der Waals surface area contributed by atoms with Gasteiger partial charge in [0.15, 0.2) is 0 Å². The molecule has 0 aliphatic carbocycles. The normalized spacial score (nSPS) is 11.6. The SMILES string of the molecule is C=CC([C]=O)N(C(=O)CN)c1ccccn1. The Morgan fingerprint density at radius 1 is 1.69 bits per heavy atom. The zero-order valence-corrected chi connectivity index (χ0v) is 8.67. The average molecular weight is 218 g/mol. The van der Waals surface area contributed by atoms with Crippen LogP contribution >= 0.6 is 0 Å². The van der Waals surface area contributed by atoms with Gasteiger partial charge in [0.2, 0.25) is 12.2 Å². The smallest absolute Gasteiger partial charge is 0.242 e. The highest BCUT2D eigenvalue weighted by atomic mass is 16.2. The second kappa shape index (κ2) is 5.77. The number of nitrogens with two attached hydrogens (primary N) is 1. The Bertz CT molecular complexity index is 370. The number of hydrogen-bond acceptors (Lipinski definition) is 4. The number of rotatable bonds is 5. The highest BCUT2D eigenvalue weighted by Crippen LogP contribution is 2.13. The van der Waals surface area contributed by atoms with Gasteiger partial charge in [0.1, 0.15) is 11.9 Å². The van der Waals surface area contributed by atoms with Crippen LogP contribution < -0.4 is 10.6 Å². The molecular formula is C11H12N3O2. The van der Waals surface area contributed by atoms with Crippen LogP contribution in [0, 0.1) is 0 Å². The molecule has 1 amide bonds. The highest BCUT2D eigenvalue weighted by molar-refractivity contribution is 5.98. The molecule has 0 aliphatic heterocycles. The van der Waals surface area contributed by atoms with Crippen molar-refractivity contribution in [3.63, 3.8) is 0 Å². The minimum Gasteiger partial charge on any atom is -0.322 e. The molecule has 1 unspecified atom stereocenters. The summed E-state index contributed by atoms with van der Waals surface area (Å²) in [4.78, 5) is 27.5. The molecule has 83 valence electrons. The van der Waals surface area contributed by atoms with Crippen LogP contribution in [0.2, 0.25) is 0 Å². The standard InChI is InChI=1S/C11H12N3O2/c1-2-9(8-15)14(11(16)7-12)10-5-3-4-6-13-10/h2-6,9H,1,7,12H2. The molecule has 1 aromatic heterocycles. The Labute approximate surface area is 93.6 Å². The predicted molar refractivity (Wildman–Crippen MR) is 60.5 cm³/mol. The molecule has 0 bridgehead atoms. The molecule has 0 aliphatic rings. The van der Waals surface area contributed by atoms with Crippen LogP contribution in [0.1, 0.15) is 0 Å². The van der Waals surface area contributed by atoms with E-state index in [-0.39, 0.29) is 6.54 Å². The first-order valence-corrected chi connectivity index (χ1v) is 4.68. The van der Waals surface area contributed by atoms with Crippen molar-refractivity contribution in [3.05, 3.63) is 37.1 Å². The number of aromatic nitrogens is 1. The lowest BCUT2D eigenvalue weighted by atomic mass is 10.2. The fourth-order valence-corrected chi connectivity index (χ4v) is 1.23. The first kappa shape index (κ1) is 12.1. The Kier molecular flexibility index (Phi) is 4.35. The van der Waals surface area contributed by atoms with Crippen molar-refractivity contribution in [2.45, 2.75) is 6.04 Å². The first-order chi connectivity index (χ1) is 7.74. The van der Waals surface area contributed by atoms with Gasteiger partial charge in [-0.05, 0) is 12.1 Å². The maximum atomic E-state index is 11.6. The lowest BCUT2D eigenvalue weighted by Crippen LogP contribution is -2.44. The fourth-order valence-electron chi connectivity index (χ4n) is 1.23. The number of nitrogens with zero attached hydrogens (tertiary/aromatic N) is 2. The van der Waals surface area contributed by atoms with Crippen molar-refractivity contribution in [3.8, 4) is 0 Å². The fraction of sp³-hybridized carbons (Fsp3) is 0.182. The Morgan fingerprint density at radius 3 is 2.88 bits per heavy atom. The predicted octanol–water partition coefficient (Wildman–Crippen LogP) is 0.0376. The maximum absolute atomic E-state index is 11.6. The lowest BCUT2D eigenvalue weighted by Gasteiger charge is -2.23. The largest absolute Gasteiger partial charge is 0.322 e. The second-order valence-electron chi connectivity index (χ2n) is 2.95. The molecule has 1 aromatic rings. The van der Waals surface area contributed by atoms with Crippen LogP contribution in [0.25, 0.3) is 0 Å². The van der Waals surface area contributed by atoms with Gasteiger partial charge in [-0.2, -0.15) is 0 Å². The van der Waals surface area contributed by atoms with Crippen LogP contribution in [0.4, 0.5) is 5.82 Å². The van der Waals surface area contributed by atoms with Gasteiger partial charge in [0, 0.05) is 6.20 Å². The lowest BCUT2D eigenvalue weighted by molar-refractivity contribution is -0.117. The molecule has 1 heterocycles. The summed E-state index contributed by atoms with van der Waals surface area (Å²) in [7, 11) is 0. The van der Waals surface area contributed by atoms with Crippen LogP contribution in [0.15, 0.2) is 37.1 Å². The van der Waals surface area contributed by atoms with Crippen molar-refractivity contribution in [1.82, 2.24) is 4.98 Å². The molecule has 1 radical (unpaired) electrons. The van der Waals surface area contributed by atoms with Gasteiger partial charge < -0.3 is 5.73 Å². The van der Waals surface area contributed by atoms with Crippen molar-refractivity contribution >= 4 is 18.0 Å². The van der Waals surface area contributed by atoms with Crippen molar-refractivity contribution in [2.24, 2.45) is 5.73 Å². The number of carbonyl (C=O) groups excluding carboxylic acids is 2. The summed E-state index contributed by atoms with van der Waals surface area (Å²) in [5, 5.41) is 0. The summed E-state index contributed by atoms with van der Waals surface area (Å²) in [6.45, 7) is 3.26. The van der Waals surface area contributed by atoms with Gasteiger partial charge in [0.25, 0.3) is 0 Å². The number of hydrogen-bond donors (Lipinski definition) is 1. The Balaban J connectivity index is 3.10. The summed E-state index contributed by atoms with van der Waals surface area (Å²) in [6, 6.07) is 4.17. The van der Waals surface area contributed by atoms with E-state index in [1.807, 2.05) is 0 Å². The van der Waals surface area contributed by atoms with Crippen molar-refractivity contribution < 1.29 is 9.59 Å². The number of amides is 1. The van der Waals surface area contributed by atoms with E-state index in [0.717, 1.165) is 0 Å².